The van der Waals surface area contributed by atoms with E-state index in [1.165, 1.54) is 6.42 Å². The van der Waals surface area contributed by atoms with Crippen molar-refractivity contribution < 1.29 is 9.90 Å². The summed E-state index contributed by atoms with van der Waals surface area (Å²) in [5.74, 6) is -0.881. The highest BCUT2D eigenvalue weighted by atomic mass is 79.9. The van der Waals surface area contributed by atoms with Crippen molar-refractivity contribution in [2.24, 2.45) is 0 Å². The highest BCUT2D eigenvalue weighted by Gasteiger charge is 2.26. The Morgan fingerprint density at radius 2 is 2.19 bits per heavy atom. The molecule has 4 heteroatoms. The third-order valence-electron chi connectivity index (χ3n) is 3.21. The first-order valence-corrected chi connectivity index (χ1v) is 6.15. The van der Waals surface area contributed by atoms with E-state index in [4.69, 9.17) is 0 Å². The summed E-state index contributed by atoms with van der Waals surface area (Å²) in [5.41, 5.74) is 1.16. The lowest BCUT2D eigenvalue weighted by atomic mass is 9.91. The van der Waals surface area contributed by atoms with Crippen LogP contribution in [-0.2, 0) is 0 Å². The summed E-state index contributed by atoms with van der Waals surface area (Å²) in [4.78, 5) is 13.3. The molecule has 0 atom stereocenters. The Labute approximate surface area is 103 Å². The average Bonchev–Trinajstić information content (AvgIpc) is 2.13. The van der Waals surface area contributed by atoms with Crippen LogP contribution in [0.2, 0.25) is 0 Å². The van der Waals surface area contributed by atoms with Crippen LogP contribution >= 0.6 is 15.9 Å². The molecule has 0 spiro atoms. The lowest BCUT2D eigenvalue weighted by Crippen LogP contribution is -2.38. The van der Waals surface area contributed by atoms with Crippen molar-refractivity contribution >= 4 is 27.6 Å². The standard InChI is InChI=1S/C12H14BrNO2/c1-14(8-4-2-5-8)10-7-3-6-9(13)11(10)12(15)16/h3,6-8H,2,4-5H2,1H3,(H,15,16). The number of carbonyl (C=O) groups is 1. The first-order valence-electron chi connectivity index (χ1n) is 5.36. The van der Waals surface area contributed by atoms with Crippen LogP contribution in [0.4, 0.5) is 5.69 Å². The summed E-state index contributed by atoms with van der Waals surface area (Å²) in [7, 11) is 1.97. The van der Waals surface area contributed by atoms with Gasteiger partial charge in [-0.2, -0.15) is 0 Å². The van der Waals surface area contributed by atoms with E-state index < -0.39 is 5.97 Å². The normalized spacial score (nSPS) is 15.6. The van der Waals surface area contributed by atoms with Crippen molar-refractivity contribution in [1.29, 1.82) is 0 Å². The fourth-order valence-electron chi connectivity index (χ4n) is 1.99. The van der Waals surface area contributed by atoms with Gasteiger partial charge in [-0.3, -0.25) is 0 Å². The highest BCUT2D eigenvalue weighted by Crippen LogP contribution is 2.33. The van der Waals surface area contributed by atoms with E-state index >= 15 is 0 Å². The lowest BCUT2D eigenvalue weighted by Gasteiger charge is -2.37. The van der Waals surface area contributed by atoms with Crippen LogP contribution in [0.15, 0.2) is 22.7 Å². The molecular weight excluding hydrogens is 270 g/mol. The van der Waals surface area contributed by atoms with E-state index in [0.29, 0.717) is 16.1 Å². The molecule has 1 aromatic carbocycles. The molecule has 3 nitrogen and oxygen atoms in total. The predicted molar refractivity (Wildman–Crippen MR) is 67.1 cm³/mol. The molecule has 0 bridgehead atoms. The number of halogens is 1. The molecule has 16 heavy (non-hydrogen) atoms. The van der Waals surface area contributed by atoms with Crippen LogP contribution in [0.1, 0.15) is 29.6 Å². The molecule has 1 aliphatic carbocycles. The van der Waals surface area contributed by atoms with Gasteiger partial charge in [0.15, 0.2) is 0 Å². The molecular formula is C12H14BrNO2. The Balaban J connectivity index is 2.38. The number of nitrogens with zero attached hydrogens (tertiary/aromatic N) is 1. The Morgan fingerprint density at radius 3 is 2.69 bits per heavy atom. The zero-order chi connectivity index (χ0) is 11.7. The van der Waals surface area contributed by atoms with Gasteiger partial charge in [0.05, 0.1) is 11.3 Å². The van der Waals surface area contributed by atoms with Crippen LogP contribution < -0.4 is 4.90 Å². The summed E-state index contributed by atoms with van der Waals surface area (Å²) in [6.07, 6.45) is 3.55. The topological polar surface area (TPSA) is 40.5 Å². The van der Waals surface area contributed by atoms with Crippen molar-refractivity contribution in [3.8, 4) is 0 Å². The molecule has 0 radical (unpaired) electrons. The molecule has 0 aromatic heterocycles. The van der Waals surface area contributed by atoms with Crippen LogP contribution in [-0.4, -0.2) is 24.2 Å². The average molecular weight is 284 g/mol. The zero-order valence-corrected chi connectivity index (χ0v) is 10.7. The second-order valence-electron chi connectivity index (χ2n) is 4.13. The number of benzene rings is 1. The smallest absolute Gasteiger partial charge is 0.338 e. The predicted octanol–water partition coefficient (Wildman–Crippen LogP) is 3.14. The Kier molecular flexibility index (Phi) is 3.19. The molecule has 1 aliphatic rings. The Bertz CT molecular complexity index is 415. The zero-order valence-electron chi connectivity index (χ0n) is 9.11. The van der Waals surface area contributed by atoms with Gasteiger partial charge in [-0.15, -0.1) is 0 Å². The number of hydrogen-bond acceptors (Lipinski definition) is 2. The molecule has 0 unspecified atom stereocenters. The number of rotatable bonds is 3. The first kappa shape index (κ1) is 11.5. The van der Waals surface area contributed by atoms with Crippen molar-refractivity contribution in [3.05, 3.63) is 28.2 Å². The summed E-state index contributed by atoms with van der Waals surface area (Å²) in [6.45, 7) is 0. The van der Waals surface area contributed by atoms with Crippen LogP contribution in [0.3, 0.4) is 0 Å². The van der Waals surface area contributed by atoms with Gasteiger partial charge in [-0.05, 0) is 47.3 Å². The minimum absolute atomic E-state index is 0.358. The summed E-state index contributed by atoms with van der Waals surface area (Å²) >= 11 is 3.30. The number of hydrogen-bond donors (Lipinski definition) is 1. The van der Waals surface area contributed by atoms with Crippen LogP contribution in [0.25, 0.3) is 0 Å². The molecule has 0 aliphatic heterocycles. The molecule has 1 aromatic rings. The number of carboxylic acids is 1. The van der Waals surface area contributed by atoms with Gasteiger partial charge in [0.2, 0.25) is 0 Å². The first-order chi connectivity index (χ1) is 7.61. The van der Waals surface area contributed by atoms with Gasteiger partial charge in [0.1, 0.15) is 0 Å². The van der Waals surface area contributed by atoms with Crippen molar-refractivity contribution in [1.82, 2.24) is 0 Å². The fraction of sp³-hybridized carbons (Fsp3) is 0.417. The maximum Gasteiger partial charge on any atom is 0.338 e. The monoisotopic (exact) mass is 283 g/mol. The molecule has 0 amide bonds. The maximum atomic E-state index is 11.2. The van der Waals surface area contributed by atoms with E-state index in [1.807, 2.05) is 19.2 Å². The van der Waals surface area contributed by atoms with Crippen molar-refractivity contribution in [2.45, 2.75) is 25.3 Å². The summed E-state index contributed by atoms with van der Waals surface area (Å²) in [5, 5.41) is 9.21. The van der Waals surface area contributed by atoms with Gasteiger partial charge < -0.3 is 10.0 Å². The van der Waals surface area contributed by atoms with E-state index in [1.54, 1.807) is 6.07 Å². The second kappa shape index (κ2) is 4.45. The molecule has 2 rings (SSSR count). The number of carboxylic acid groups (broad SMARTS) is 1. The third-order valence-corrected chi connectivity index (χ3v) is 3.87. The quantitative estimate of drug-likeness (QED) is 0.927. The highest BCUT2D eigenvalue weighted by molar-refractivity contribution is 9.10. The third kappa shape index (κ3) is 1.94. The second-order valence-corrected chi connectivity index (χ2v) is 4.99. The molecule has 0 heterocycles. The largest absolute Gasteiger partial charge is 0.478 e. The Hall–Kier alpha value is -1.03. The van der Waals surface area contributed by atoms with Gasteiger partial charge in [0.25, 0.3) is 0 Å². The van der Waals surface area contributed by atoms with Crippen LogP contribution in [0, 0.1) is 0 Å². The van der Waals surface area contributed by atoms with E-state index in [9.17, 15) is 9.90 Å². The Morgan fingerprint density at radius 1 is 1.50 bits per heavy atom. The number of anilines is 1. The van der Waals surface area contributed by atoms with Gasteiger partial charge in [-0.1, -0.05) is 6.07 Å². The summed E-state index contributed by atoms with van der Waals surface area (Å²) in [6, 6.07) is 6.00. The van der Waals surface area contributed by atoms with E-state index in [-0.39, 0.29) is 0 Å². The van der Waals surface area contributed by atoms with E-state index in [0.717, 1.165) is 18.5 Å². The molecule has 1 saturated carbocycles. The minimum atomic E-state index is -0.881. The molecule has 1 N–H and O–H groups in total. The molecule has 1 fully saturated rings. The van der Waals surface area contributed by atoms with Gasteiger partial charge in [0, 0.05) is 17.6 Å². The van der Waals surface area contributed by atoms with Crippen LogP contribution in [0.5, 0.6) is 0 Å². The molecule has 0 saturated heterocycles. The van der Waals surface area contributed by atoms with Crippen molar-refractivity contribution in [3.63, 3.8) is 0 Å². The lowest BCUT2D eigenvalue weighted by molar-refractivity contribution is 0.0696. The SMILES string of the molecule is CN(c1cccc(Br)c1C(=O)O)C1CCC1. The van der Waals surface area contributed by atoms with E-state index in [2.05, 4.69) is 20.8 Å². The minimum Gasteiger partial charge on any atom is -0.478 e. The molecule has 86 valence electrons. The summed E-state index contributed by atoms with van der Waals surface area (Å²) < 4.78 is 0.642. The maximum absolute atomic E-state index is 11.2. The number of aromatic carboxylic acids is 1. The van der Waals surface area contributed by atoms with Crippen molar-refractivity contribution in [2.75, 3.05) is 11.9 Å². The fourth-order valence-corrected chi connectivity index (χ4v) is 2.51. The van der Waals surface area contributed by atoms with Gasteiger partial charge in [-0.25, -0.2) is 4.79 Å². The van der Waals surface area contributed by atoms with Gasteiger partial charge >= 0.3 is 5.97 Å².